The predicted molar refractivity (Wildman–Crippen MR) is 71.8 cm³/mol. The lowest BCUT2D eigenvalue weighted by atomic mass is 10.2. The molecule has 0 amide bonds. The third kappa shape index (κ3) is 6.05. The summed E-state index contributed by atoms with van der Waals surface area (Å²) in [7, 11) is -1.54. The molecule has 1 heteroatoms. The lowest BCUT2D eigenvalue weighted by molar-refractivity contribution is 0.650. The fourth-order valence-electron chi connectivity index (χ4n) is 2.75. The Morgan fingerprint density at radius 3 is 1.20 bits per heavy atom. The highest BCUT2D eigenvalue weighted by Gasteiger charge is 2.33. The second-order valence-electron chi connectivity index (χ2n) is 6.20. The third-order valence-electron chi connectivity index (χ3n) is 2.66. The Balaban J connectivity index is 4.69. The van der Waals surface area contributed by atoms with Crippen molar-refractivity contribution in [3.8, 4) is 5.54 Å². The van der Waals surface area contributed by atoms with Crippen LogP contribution in [0.5, 0.6) is 0 Å². The summed E-state index contributed by atoms with van der Waals surface area (Å²) < 4.78 is 0. The molecule has 0 aromatic carbocycles. The zero-order valence-corrected chi connectivity index (χ0v) is 12.4. The van der Waals surface area contributed by atoms with Crippen molar-refractivity contribution in [2.75, 3.05) is 0 Å². The predicted octanol–water partition coefficient (Wildman–Crippen LogP) is 4.53. The minimum Gasteiger partial charge on any atom is -0.117 e. The smallest absolute Gasteiger partial charge is 0.117 e. The molecule has 1 radical (unpaired) electrons. The molecular formula is C14H27Si. The first-order valence-electron chi connectivity index (χ1n) is 6.25. The molecule has 0 aliphatic heterocycles. The van der Waals surface area contributed by atoms with Gasteiger partial charge < -0.3 is 0 Å². The van der Waals surface area contributed by atoms with Gasteiger partial charge in [0, 0.05) is 0 Å². The first-order chi connectivity index (χ1) is 6.81. The van der Waals surface area contributed by atoms with E-state index < -0.39 is 8.07 Å². The molecule has 0 fully saturated rings. The van der Waals surface area contributed by atoms with Crippen LogP contribution < -0.4 is 0 Å². The Kier molecular flexibility index (Phi) is 6.28. The van der Waals surface area contributed by atoms with E-state index in [0.29, 0.717) is 17.8 Å². The van der Waals surface area contributed by atoms with Gasteiger partial charge in [-0.1, -0.05) is 41.5 Å². The number of hydrogen-bond donors (Lipinski definition) is 0. The van der Waals surface area contributed by atoms with Gasteiger partial charge in [0.25, 0.3) is 0 Å². The largest absolute Gasteiger partial charge is 0.140 e. The van der Waals surface area contributed by atoms with Gasteiger partial charge in [-0.3, -0.25) is 0 Å². The lowest BCUT2D eigenvalue weighted by Gasteiger charge is -2.31. The second-order valence-corrected chi connectivity index (χ2v) is 10.2. The van der Waals surface area contributed by atoms with Crippen LogP contribution in [-0.2, 0) is 0 Å². The summed E-state index contributed by atoms with van der Waals surface area (Å²) in [5.74, 6) is 2.14. The molecule has 0 spiro atoms. The molecule has 0 N–H and O–H groups in total. The van der Waals surface area contributed by atoms with Crippen molar-refractivity contribution in [2.45, 2.75) is 59.7 Å². The monoisotopic (exact) mass is 223 g/mol. The van der Waals surface area contributed by atoms with E-state index in [1.807, 2.05) is 0 Å². The van der Waals surface area contributed by atoms with Crippen LogP contribution in [0.3, 0.4) is 0 Å². The summed E-state index contributed by atoms with van der Waals surface area (Å²) in [5, 5.41) is 0. The van der Waals surface area contributed by atoms with E-state index >= 15 is 0 Å². The standard InChI is InChI=1S/C14H27Si/c1-8-15(9-12(2)3,10-13(4)5)11-14(6)7/h12-14H,9-11H2,2-7H3. The minimum atomic E-state index is -1.54. The van der Waals surface area contributed by atoms with Crippen LogP contribution in [0, 0.1) is 29.7 Å². The molecule has 0 saturated carbocycles. The van der Waals surface area contributed by atoms with Gasteiger partial charge in [0.15, 0.2) is 0 Å². The van der Waals surface area contributed by atoms with Crippen molar-refractivity contribution in [3.63, 3.8) is 0 Å². The summed E-state index contributed by atoms with van der Waals surface area (Å²) in [5.41, 5.74) is 3.00. The second kappa shape index (κ2) is 6.38. The van der Waals surface area contributed by atoms with Crippen molar-refractivity contribution >= 4 is 8.07 Å². The highest BCUT2D eigenvalue weighted by Crippen LogP contribution is 2.31. The normalized spacial score (nSPS) is 12.5. The average molecular weight is 223 g/mol. The third-order valence-corrected chi connectivity index (χ3v) is 7.99. The minimum absolute atomic E-state index is 0.715. The van der Waals surface area contributed by atoms with Crippen molar-refractivity contribution in [3.05, 3.63) is 6.42 Å². The zero-order valence-electron chi connectivity index (χ0n) is 11.4. The van der Waals surface area contributed by atoms with E-state index in [-0.39, 0.29) is 0 Å². The van der Waals surface area contributed by atoms with E-state index in [9.17, 15) is 0 Å². The lowest BCUT2D eigenvalue weighted by Crippen LogP contribution is -2.37. The maximum Gasteiger partial charge on any atom is 0.140 e. The van der Waals surface area contributed by atoms with Gasteiger partial charge in [-0.15, -0.1) is 5.54 Å². The van der Waals surface area contributed by atoms with Crippen LogP contribution >= 0.6 is 0 Å². The summed E-state index contributed by atoms with van der Waals surface area (Å²) in [6.45, 7) is 13.7. The molecule has 0 aromatic heterocycles. The van der Waals surface area contributed by atoms with E-state index in [1.165, 1.54) is 18.1 Å². The molecule has 15 heavy (non-hydrogen) atoms. The quantitative estimate of drug-likeness (QED) is 0.458. The molecule has 0 aromatic rings. The molecule has 0 aliphatic carbocycles. The van der Waals surface area contributed by atoms with E-state index in [1.54, 1.807) is 0 Å². The Morgan fingerprint density at radius 2 is 1.07 bits per heavy atom. The van der Waals surface area contributed by atoms with Gasteiger partial charge in [0.05, 0.1) is 0 Å². The Hall–Kier alpha value is -0.223. The SMILES string of the molecule is [C]#C[Si](CC(C)C)(CC(C)C)CC(C)C. The summed E-state index contributed by atoms with van der Waals surface area (Å²) in [6.07, 6.45) is 7.70. The van der Waals surface area contributed by atoms with Crippen LogP contribution in [0.15, 0.2) is 0 Å². The summed E-state index contributed by atoms with van der Waals surface area (Å²) in [4.78, 5) is 0. The molecule has 0 aliphatic rings. The van der Waals surface area contributed by atoms with Crippen LogP contribution in [0.2, 0.25) is 18.1 Å². The van der Waals surface area contributed by atoms with Crippen LogP contribution in [0.25, 0.3) is 0 Å². The Labute approximate surface area is 97.9 Å². The fraction of sp³-hybridized carbons (Fsp3) is 0.857. The van der Waals surface area contributed by atoms with Crippen molar-refractivity contribution < 1.29 is 0 Å². The van der Waals surface area contributed by atoms with Gasteiger partial charge >= 0.3 is 0 Å². The van der Waals surface area contributed by atoms with Crippen LogP contribution in [-0.4, -0.2) is 8.07 Å². The Bertz CT molecular complexity index is 181. The van der Waals surface area contributed by atoms with Crippen molar-refractivity contribution in [1.29, 1.82) is 0 Å². The van der Waals surface area contributed by atoms with Gasteiger partial charge in [0.2, 0.25) is 0 Å². The van der Waals surface area contributed by atoms with E-state index in [2.05, 4.69) is 47.1 Å². The van der Waals surface area contributed by atoms with Gasteiger partial charge in [0.1, 0.15) is 8.07 Å². The van der Waals surface area contributed by atoms with E-state index in [0.717, 1.165) is 0 Å². The first kappa shape index (κ1) is 14.8. The average Bonchev–Trinajstić information content (AvgIpc) is 1.99. The molecule has 0 nitrogen and oxygen atoms in total. The molecular weight excluding hydrogens is 196 g/mol. The molecule has 87 valence electrons. The van der Waals surface area contributed by atoms with Gasteiger partial charge in [-0.2, -0.15) is 0 Å². The van der Waals surface area contributed by atoms with Gasteiger partial charge in [-0.05, 0) is 42.3 Å². The number of rotatable bonds is 6. The molecule has 0 rings (SSSR count). The summed E-state index contributed by atoms with van der Waals surface area (Å²) in [6, 6.07) is 3.73. The highest BCUT2D eigenvalue weighted by atomic mass is 28.3. The Morgan fingerprint density at radius 1 is 0.800 bits per heavy atom. The maximum absolute atomic E-state index is 7.70. The highest BCUT2D eigenvalue weighted by molar-refractivity contribution is 6.87. The molecule has 0 atom stereocenters. The van der Waals surface area contributed by atoms with Gasteiger partial charge in [-0.25, -0.2) is 0 Å². The fourth-order valence-corrected chi connectivity index (χ4v) is 8.24. The first-order valence-corrected chi connectivity index (χ1v) is 8.87. The summed E-state index contributed by atoms with van der Waals surface area (Å²) >= 11 is 0. The van der Waals surface area contributed by atoms with Crippen LogP contribution in [0.4, 0.5) is 0 Å². The zero-order chi connectivity index (χ0) is 12.1. The van der Waals surface area contributed by atoms with Crippen LogP contribution in [0.1, 0.15) is 41.5 Å². The molecule has 0 heterocycles. The maximum atomic E-state index is 7.70. The van der Waals surface area contributed by atoms with E-state index in [4.69, 9.17) is 6.42 Å². The number of hydrogen-bond acceptors (Lipinski definition) is 0. The van der Waals surface area contributed by atoms with Crippen molar-refractivity contribution in [2.24, 2.45) is 17.8 Å². The molecule has 0 unspecified atom stereocenters. The molecule has 0 saturated heterocycles. The topological polar surface area (TPSA) is 0 Å². The molecule has 0 bridgehead atoms. The van der Waals surface area contributed by atoms with Crippen molar-refractivity contribution in [1.82, 2.24) is 0 Å².